The van der Waals surface area contributed by atoms with E-state index in [2.05, 4.69) is 36.9 Å². The molecule has 1 aliphatic heterocycles. The Kier molecular flexibility index (Phi) is 15.4. The number of benzene rings is 3. The third kappa shape index (κ3) is 11.1. The molecule has 2 aromatic heterocycles. The van der Waals surface area contributed by atoms with Gasteiger partial charge in [-0.25, -0.2) is 4.90 Å². The predicted octanol–water partition coefficient (Wildman–Crippen LogP) is 2.88. The third-order valence-electron chi connectivity index (χ3n) is 10.7. The number of non-ortho nitro benzene ring substituents is 1. The van der Waals surface area contributed by atoms with E-state index >= 15 is 0 Å². The van der Waals surface area contributed by atoms with E-state index in [0.717, 1.165) is 23.9 Å². The van der Waals surface area contributed by atoms with Crippen LogP contribution in [0.3, 0.4) is 0 Å². The van der Waals surface area contributed by atoms with Crippen LogP contribution in [0.15, 0.2) is 67.0 Å². The summed E-state index contributed by atoms with van der Waals surface area (Å²) in [6.45, 7) is 4.50. The van der Waals surface area contributed by atoms with Crippen LogP contribution >= 0.6 is 0 Å². The van der Waals surface area contributed by atoms with E-state index in [-0.39, 0.29) is 76.5 Å². The van der Waals surface area contributed by atoms with Crippen LogP contribution in [0.2, 0.25) is 0 Å². The van der Waals surface area contributed by atoms with Gasteiger partial charge in [-0.3, -0.25) is 43.7 Å². The van der Waals surface area contributed by atoms with Crippen molar-refractivity contribution in [1.82, 2.24) is 35.7 Å². The standard InChI is InChI=1S/C45H52N12O9/c1-26-35(24-51-39(26)43(62)52-30-22-36(55(4)25-30)42(61)49-13-7-17-54(2)3)53-37(58)10-6-12-48-40(59)28-18-29(41(60)50-16-15-47-14-11-46)21-31(20-28)56-44(63)33-9-5-8-27-19-32(57(65)66)23-34(38(27)33)45(56)64/h5,8-9,18-25,47,51H,6-7,10-17,46H2,1-4H3,(H,48,59)(H,49,61)(H,50,60)(H,52,62)(H,53,58). The highest BCUT2D eigenvalue weighted by Gasteiger charge is 2.36. The molecule has 66 heavy (non-hydrogen) atoms. The molecule has 0 fully saturated rings. The highest BCUT2D eigenvalue weighted by atomic mass is 16.6. The molecule has 21 heteroatoms. The third-order valence-corrected chi connectivity index (χ3v) is 10.7. The molecule has 346 valence electrons. The number of aromatic amines is 1. The average Bonchev–Trinajstić information content (AvgIpc) is 3.84. The van der Waals surface area contributed by atoms with Crippen molar-refractivity contribution in [2.75, 3.05) is 75.4 Å². The number of nitrogens with zero attached hydrogens (tertiary/aromatic N) is 4. The molecule has 0 bridgehead atoms. The number of nitro groups is 1. The van der Waals surface area contributed by atoms with Gasteiger partial charge in [0.15, 0.2) is 0 Å². The van der Waals surface area contributed by atoms with Crippen LogP contribution in [-0.2, 0) is 11.8 Å². The minimum absolute atomic E-state index is 0.0123. The molecular weight excluding hydrogens is 853 g/mol. The lowest BCUT2D eigenvalue weighted by atomic mass is 9.92. The lowest BCUT2D eigenvalue weighted by Crippen LogP contribution is -2.41. The van der Waals surface area contributed by atoms with Crippen molar-refractivity contribution in [2.45, 2.75) is 26.2 Å². The van der Waals surface area contributed by atoms with Crippen LogP contribution in [-0.4, -0.2) is 121 Å². The molecule has 5 aromatic rings. The summed E-state index contributed by atoms with van der Waals surface area (Å²) in [7, 11) is 5.61. The van der Waals surface area contributed by atoms with Gasteiger partial charge in [-0.1, -0.05) is 12.1 Å². The number of hydrogen-bond acceptors (Lipinski definition) is 12. The lowest BCUT2D eigenvalue weighted by Gasteiger charge is -2.27. The topological polar surface area (TPSA) is 288 Å². The van der Waals surface area contributed by atoms with Crippen LogP contribution in [0.5, 0.6) is 0 Å². The molecule has 0 unspecified atom stereocenters. The Morgan fingerprint density at radius 2 is 1.48 bits per heavy atom. The van der Waals surface area contributed by atoms with Crippen molar-refractivity contribution in [1.29, 1.82) is 0 Å². The van der Waals surface area contributed by atoms with Crippen LogP contribution < -0.4 is 42.5 Å². The van der Waals surface area contributed by atoms with Crippen LogP contribution in [0, 0.1) is 17.0 Å². The molecule has 3 heterocycles. The molecule has 0 atom stereocenters. The second kappa shape index (κ2) is 21.3. The molecule has 0 radical (unpaired) electrons. The second-order valence-electron chi connectivity index (χ2n) is 15.9. The summed E-state index contributed by atoms with van der Waals surface area (Å²) in [5.74, 6) is -4.06. The molecule has 21 nitrogen and oxygen atoms in total. The Bertz CT molecular complexity index is 2720. The highest BCUT2D eigenvalue weighted by Crippen LogP contribution is 2.36. The van der Waals surface area contributed by atoms with Gasteiger partial charge in [0.05, 0.1) is 27.5 Å². The second-order valence-corrected chi connectivity index (χ2v) is 15.9. The molecule has 0 saturated carbocycles. The quantitative estimate of drug-likeness (QED) is 0.0228. The number of H-pyrrole nitrogens is 1. The maximum absolute atomic E-state index is 14.0. The lowest BCUT2D eigenvalue weighted by molar-refractivity contribution is -0.384. The zero-order chi connectivity index (χ0) is 47.7. The van der Waals surface area contributed by atoms with Gasteiger partial charge < -0.3 is 52.1 Å². The number of carbonyl (C=O) groups excluding carboxylic acids is 7. The SMILES string of the molecule is Cc1c(NC(=O)CCCNC(=O)c2cc(C(=O)NCCNCCN)cc(N3C(=O)c4cccc5cc([N+](=O)[O-])cc(c45)C3=O)c2)c[nH]c1C(=O)Nc1cc(C(=O)NCCCN(C)C)n(C)c1. The van der Waals surface area contributed by atoms with E-state index in [4.69, 9.17) is 5.73 Å². The summed E-state index contributed by atoms with van der Waals surface area (Å²) < 4.78 is 1.61. The van der Waals surface area contributed by atoms with E-state index in [1.807, 2.05) is 19.0 Å². The zero-order valence-electron chi connectivity index (χ0n) is 37.0. The van der Waals surface area contributed by atoms with Gasteiger partial charge in [0, 0.05) is 105 Å². The van der Waals surface area contributed by atoms with Crippen molar-refractivity contribution in [2.24, 2.45) is 12.8 Å². The van der Waals surface area contributed by atoms with Crippen LogP contribution in [0.4, 0.5) is 22.7 Å². The molecular formula is C45H52N12O9. The van der Waals surface area contributed by atoms with Crippen LogP contribution in [0.1, 0.15) is 87.2 Å². The Balaban J connectivity index is 1.09. The van der Waals surface area contributed by atoms with Crippen molar-refractivity contribution >= 4 is 74.9 Å². The fraction of sp³-hybridized carbons (Fsp3) is 0.311. The minimum atomic E-state index is -0.878. The molecule has 3 aromatic carbocycles. The number of imide groups is 1. The van der Waals surface area contributed by atoms with Gasteiger partial charge in [0.25, 0.3) is 41.1 Å². The first-order valence-electron chi connectivity index (χ1n) is 21.2. The number of aryl methyl sites for hydroxylation is 1. The predicted molar refractivity (Wildman–Crippen MR) is 247 cm³/mol. The maximum Gasteiger partial charge on any atom is 0.272 e. The number of hydrogen-bond donors (Lipinski definition) is 8. The number of nitro benzene ring substituents is 1. The number of aromatic nitrogens is 2. The normalized spacial score (nSPS) is 12.1. The Labute approximate surface area is 379 Å². The monoisotopic (exact) mass is 904 g/mol. The summed E-state index contributed by atoms with van der Waals surface area (Å²) in [6, 6.07) is 12.4. The van der Waals surface area contributed by atoms with Crippen molar-refractivity contribution in [3.8, 4) is 0 Å². The minimum Gasteiger partial charge on any atom is -0.355 e. The number of amides is 7. The van der Waals surface area contributed by atoms with E-state index in [0.29, 0.717) is 54.2 Å². The van der Waals surface area contributed by atoms with Gasteiger partial charge in [0.1, 0.15) is 11.4 Å². The van der Waals surface area contributed by atoms with E-state index in [9.17, 15) is 43.7 Å². The summed E-state index contributed by atoms with van der Waals surface area (Å²) in [5.41, 5.74) is 6.76. The molecule has 0 spiro atoms. The average molecular weight is 905 g/mol. The number of nitrogens with two attached hydrogens (primary N) is 1. The first-order valence-corrected chi connectivity index (χ1v) is 21.2. The maximum atomic E-state index is 14.0. The van der Waals surface area contributed by atoms with E-state index < -0.39 is 40.4 Å². The van der Waals surface area contributed by atoms with Crippen molar-refractivity contribution < 1.29 is 38.5 Å². The summed E-state index contributed by atoms with van der Waals surface area (Å²) in [5, 5.41) is 29.3. The summed E-state index contributed by atoms with van der Waals surface area (Å²) >= 11 is 0. The van der Waals surface area contributed by atoms with E-state index in [1.54, 1.807) is 36.9 Å². The zero-order valence-corrected chi connectivity index (χ0v) is 37.0. The van der Waals surface area contributed by atoms with Crippen LogP contribution in [0.25, 0.3) is 10.8 Å². The first-order chi connectivity index (χ1) is 31.6. The molecule has 9 N–H and O–H groups in total. The Morgan fingerprint density at radius 3 is 2.18 bits per heavy atom. The number of nitrogens with one attached hydrogen (secondary N) is 7. The van der Waals surface area contributed by atoms with Gasteiger partial charge in [-0.2, -0.15) is 0 Å². The smallest absolute Gasteiger partial charge is 0.272 e. The van der Waals surface area contributed by atoms with Gasteiger partial charge >= 0.3 is 0 Å². The molecule has 0 aliphatic carbocycles. The largest absolute Gasteiger partial charge is 0.355 e. The Morgan fingerprint density at radius 1 is 0.803 bits per heavy atom. The molecule has 1 aliphatic rings. The molecule has 6 rings (SSSR count). The van der Waals surface area contributed by atoms with Crippen molar-refractivity contribution in [3.63, 3.8) is 0 Å². The molecule has 0 saturated heterocycles. The van der Waals surface area contributed by atoms with E-state index in [1.165, 1.54) is 42.6 Å². The number of rotatable bonds is 21. The summed E-state index contributed by atoms with van der Waals surface area (Å²) in [6.07, 6.45) is 4.04. The van der Waals surface area contributed by atoms with Gasteiger partial charge in [-0.05, 0) is 76.1 Å². The fourth-order valence-corrected chi connectivity index (χ4v) is 7.39. The first kappa shape index (κ1) is 47.7. The fourth-order valence-electron chi connectivity index (χ4n) is 7.39. The Hall–Kier alpha value is -7.75. The molecule has 7 amide bonds. The van der Waals surface area contributed by atoms with Crippen molar-refractivity contribution in [3.05, 3.63) is 116 Å². The number of carbonyl (C=O) groups is 7. The number of anilines is 3. The van der Waals surface area contributed by atoms with Gasteiger partial charge in [-0.15, -0.1) is 0 Å². The van der Waals surface area contributed by atoms with Gasteiger partial charge in [0.2, 0.25) is 5.91 Å². The summed E-state index contributed by atoms with van der Waals surface area (Å²) in [4.78, 5) is 111. The highest BCUT2D eigenvalue weighted by molar-refractivity contribution is 6.36.